The van der Waals surface area contributed by atoms with Crippen LogP contribution < -0.4 is 11.1 Å². The molecule has 1 aromatic rings. The van der Waals surface area contributed by atoms with Gasteiger partial charge in [0, 0.05) is 12.7 Å². The normalized spacial score (nSPS) is 18.6. The molecule has 0 amide bonds. The van der Waals surface area contributed by atoms with Crippen LogP contribution in [0.4, 0.5) is 10.2 Å². The second-order valence-corrected chi connectivity index (χ2v) is 4.60. The van der Waals surface area contributed by atoms with E-state index in [1.807, 2.05) is 0 Å². The van der Waals surface area contributed by atoms with Crippen molar-refractivity contribution in [1.29, 1.82) is 0 Å². The van der Waals surface area contributed by atoms with Gasteiger partial charge in [-0.25, -0.2) is 9.37 Å². The second-order valence-electron chi connectivity index (χ2n) is 4.60. The highest BCUT2D eigenvalue weighted by molar-refractivity contribution is 5.35. The van der Waals surface area contributed by atoms with Crippen LogP contribution >= 0.6 is 0 Å². The van der Waals surface area contributed by atoms with Gasteiger partial charge in [-0.2, -0.15) is 0 Å². The van der Waals surface area contributed by atoms with Crippen LogP contribution in [0.15, 0.2) is 18.3 Å². The first-order chi connectivity index (χ1) is 7.76. The Kier molecular flexibility index (Phi) is 3.39. The summed E-state index contributed by atoms with van der Waals surface area (Å²) in [4.78, 5) is 3.98. The van der Waals surface area contributed by atoms with Crippen LogP contribution in [0.2, 0.25) is 0 Å². The van der Waals surface area contributed by atoms with Crippen LogP contribution in [0, 0.1) is 11.2 Å². The van der Waals surface area contributed by atoms with Crippen molar-refractivity contribution in [1.82, 2.24) is 4.98 Å². The van der Waals surface area contributed by atoms with Gasteiger partial charge in [-0.05, 0) is 36.9 Å². The minimum absolute atomic E-state index is 0.143. The van der Waals surface area contributed by atoms with Crippen LogP contribution in [0.5, 0.6) is 0 Å². The third-order valence-electron chi connectivity index (χ3n) is 3.49. The van der Waals surface area contributed by atoms with Crippen molar-refractivity contribution in [3.05, 3.63) is 24.1 Å². The van der Waals surface area contributed by atoms with E-state index in [1.165, 1.54) is 18.9 Å². The quantitative estimate of drug-likeness (QED) is 0.822. The Morgan fingerprint density at radius 3 is 2.81 bits per heavy atom. The van der Waals surface area contributed by atoms with E-state index >= 15 is 0 Å². The number of rotatable bonds is 4. The lowest BCUT2D eigenvalue weighted by Gasteiger charge is -2.27. The van der Waals surface area contributed by atoms with E-state index < -0.39 is 0 Å². The van der Waals surface area contributed by atoms with E-state index in [9.17, 15) is 4.39 Å². The molecular weight excluding hydrogens is 205 g/mol. The fourth-order valence-corrected chi connectivity index (χ4v) is 2.37. The molecule has 1 aromatic heterocycles. The van der Waals surface area contributed by atoms with Crippen LogP contribution in [0.3, 0.4) is 0 Å². The molecule has 0 saturated heterocycles. The summed E-state index contributed by atoms with van der Waals surface area (Å²) in [6, 6.07) is 3.01. The van der Waals surface area contributed by atoms with Gasteiger partial charge in [-0.15, -0.1) is 0 Å². The number of hydrogen-bond acceptors (Lipinski definition) is 3. The molecule has 1 saturated carbocycles. The van der Waals surface area contributed by atoms with Crippen molar-refractivity contribution in [2.24, 2.45) is 11.1 Å². The molecule has 1 aliphatic carbocycles. The van der Waals surface area contributed by atoms with Crippen molar-refractivity contribution in [3.8, 4) is 0 Å². The van der Waals surface area contributed by atoms with Gasteiger partial charge < -0.3 is 11.1 Å². The van der Waals surface area contributed by atoms with Crippen molar-refractivity contribution in [3.63, 3.8) is 0 Å². The molecule has 0 aliphatic heterocycles. The van der Waals surface area contributed by atoms with E-state index in [1.54, 1.807) is 12.3 Å². The predicted molar refractivity (Wildman–Crippen MR) is 62.6 cm³/mol. The third kappa shape index (κ3) is 2.32. The highest BCUT2D eigenvalue weighted by Crippen LogP contribution is 2.37. The van der Waals surface area contributed by atoms with E-state index in [4.69, 9.17) is 5.73 Å². The van der Waals surface area contributed by atoms with E-state index in [-0.39, 0.29) is 11.2 Å². The Bertz CT molecular complexity index is 348. The van der Waals surface area contributed by atoms with Crippen molar-refractivity contribution in [2.75, 3.05) is 18.4 Å². The molecule has 1 fully saturated rings. The van der Waals surface area contributed by atoms with E-state index in [2.05, 4.69) is 10.3 Å². The maximum absolute atomic E-state index is 13.3. The summed E-state index contributed by atoms with van der Waals surface area (Å²) >= 11 is 0. The SMILES string of the molecule is NCC1(CNc2ncccc2F)CCCC1. The van der Waals surface area contributed by atoms with Crippen LogP contribution in [-0.4, -0.2) is 18.1 Å². The Balaban J connectivity index is 1.98. The summed E-state index contributed by atoms with van der Waals surface area (Å²) in [6.45, 7) is 1.38. The molecule has 0 atom stereocenters. The van der Waals surface area contributed by atoms with Crippen LogP contribution in [0.25, 0.3) is 0 Å². The highest BCUT2D eigenvalue weighted by Gasteiger charge is 2.32. The Morgan fingerprint density at radius 1 is 1.44 bits per heavy atom. The van der Waals surface area contributed by atoms with E-state index in [0.717, 1.165) is 19.4 Å². The molecule has 2 rings (SSSR count). The lowest BCUT2D eigenvalue weighted by molar-refractivity contribution is 0.331. The third-order valence-corrected chi connectivity index (χ3v) is 3.49. The molecular formula is C12H18FN3. The first-order valence-corrected chi connectivity index (χ1v) is 5.80. The number of halogens is 1. The largest absolute Gasteiger partial charge is 0.367 e. The number of nitrogens with one attached hydrogen (secondary N) is 1. The van der Waals surface area contributed by atoms with Gasteiger partial charge in [-0.3, -0.25) is 0 Å². The molecule has 1 aliphatic rings. The molecule has 0 radical (unpaired) electrons. The zero-order valence-corrected chi connectivity index (χ0v) is 9.38. The van der Waals surface area contributed by atoms with Gasteiger partial charge in [0.15, 0.2) is 11.6 Å². The first kappa shape index (κ1) is 11.3. The molecule has 3 N–H and O–H groups in total. The molecule has 0 spiro atoms. The summed E-state index contributed by atoms with van der Waals surface area (Å²) < 4.78 is 13.3. The first-order valence-electron chi connectivity index (χ1n) is 5.80. The van der Waals surface area contributed by atoms with Gasteiger partial charge in [0.1, 0.15) is 0 Å². The highest BCUT2D eigenvalue weighted by atomic mass is 19.1. The summed E-state index contributed by atoms with van der Waals surface area (Å²) in [5.41, 5.74) is 5.96. The number of nitrogens with two attached hydrogens (primary N) is 1. The van der Waals surface area contributed by atoms with Crippen molar-refractivity contribution < 1.29 is 4.39 Å². The van der Waals surface area contributed by atoms with Crippen LogP contribution in [-0.2, 0) is 0 Å². The van der Waals surface area contributed by atoms with Gasteiger partial charge in [0.05, 0.1) is 0 Å². The second kappa shape index (κ2) is 4.78. The number of anilines is 1. The van der Waals surface area contributed by atoms with Crippen molar-refractivity contribution in [2.45, 2.75) is 25.7 Å². The van der Waals surface area contributed by atoms with E-state index in [0.29, 0.717) is 12.4 Å². The number of nitrogens with zero attached hydrogens (tertiary/aromatic N) is 1. The topological polar surface area (TPSA) is 50.9 Å². The lowest BCUT2D eigenvalue weighted by atomic mass is 9.86. The molecule has 1 heterocycles. The number of aromatic nitrogens is 1. The standard InChI is InChI=1S/C12H18FN3/c13-10-4-3-7-15-11(10)16-9-12(8-14)5-1-2-6-12/h3-4,7H,1-2,5-6,8-9,14H2,(H,15,16). The molecule has 88 valence electrons. The Morgan fingerprint density at radius 2 is 2.19 bits per heavy atom. The molecule has 0 aromatic carbocycles. The molecule has 4 heteroatoms. The lowest BCUT2D eigenvalue weighted by Crippen LogP contribution is -2.35. The summed E-state index contributed by atoms with van der Waals surface area (Å²) in [5, 5.41) is 3.08. The molecule has 0 bridgehead atoms. The Hall–Kier alpha value is -1.16. The van der Waals surface area contributed by atoms with Gasteiger partial charge in [0.25, 0.3) is 0 Å². The minimum Gasteiger partial charge on any atom is -0.367 e. The van der Waals surface area contributed by atoms with Gasteiger partial charge in [-0.1, -0.05) is 12.8 Å². The number of pyridine rings is 1. The average Bonchev–Trinajstić information content (AvgIpc) is 2.78. The molecule has 0 unspecified atom stereocenters. The molecule has 16 heavy (non-hydrogen) atoms. The van der Waals surface area contributed by atoms with Crippen LogP contribution in [0.1, 0.15) is 25.7 Å². The van der Waals surface area contributed by atoms with Crippen molar-refractivity contribution >= 4 is 5.82 Å². The summed E-state index contributed by atoms with van der Waals surface area (Å²) in [7, 11) is 0. The maximum Gasteiger partial charge on any atom is 0.165 e. The smallest absolute Gasteiger partial charge is 0.165 e. The zero-order chi connectivity index (χ0) is 11.4. The monoisotopic (exact) mass is 223 g/mol. The average molecular weight is 223 g/mol. The number of hydrogen-bond donors (Lipinski definition) is 2. The summed E-state index contributed by atoms with van der Waals surface area (Å²) in [6.07, 6.45) is 6.30. The minimum atomic E-state index is -0.298. The predicted octanol–water partition coefficient (Wildman–Crippen LogP) is 2.15. The Labute approximate surface area is 95.3 Å². The molecule has 3 nitrogen and oxygen atoms in total. The zero-order valence-electron chi connectivity index (χ0n) is 9.38. The maximum atomic E-state index is 13.3. The summed E-state index contributed by atoms with van der Waals surface area (Å²) in [5.74, 6) is 0.0369. The fourth-order valence-electron chi connectivity index (χ4n) is 2.37. The van der Waals surface area contributed by atoms with Gasteiger partial charge in [0.2, 0.25) is 0 Å². The van der Waals surface area contributed by atoms with Gasteiger partial charge >= 0.3 is 0 Å². The fraction of sp³-hybridized carbons (Fsp3) is 0.583.